The van der Waals surface area contributed by atoms with Crippen LogP contribution in [0, 0.1) is 0 Å². The average Bonchev–Trinajstić information content (AvgIpc) is 3.24. The zero-order valence-electron chi connectivity index (χ0n) is 12.7. The van der Waals surface area contributed by atoms with E-state index < -0.39 is 0 Å². The maximum absolute atomic E-state index is 11.9. The second kappa shape index (κ2) is 7.38. The summed E-state index contributed by atoms with van der Waals surface area (Å²) < 4.78 is 16.2. The molecule has 1 unspecified atom stereocenters. The van der Waals surface area contributed by atoms with Crippen LogP contribution in [-0.2, 0) is 9.53 Å². The fourth-order valence-electron chi connectivity index (χ4n) is 2.22. The number of aromatic nitrogens is 2. The molecule has 23 heavy (non-hydrogen) atoms. The average molecular weight is 335 g/mol. The molecule has 0 aliphatic carbocycles. The Balaban J connectivity index is 1.53. The van der Waals surface area contributed by atoms with Crippen molar-refractivity contribution in [1.82, 2.24) is 10.2 Å². The molecule has 1 amide bonds. The maximum atomic E-state index is 11.9. The standard InChI is InChI=1S/C15H17N3O4S/c1-20-10-5-2-3-6-11(10)22-9-13(19)16-15-18-17-14(23-15)12-7-4-8-21-12/h2-3,5-6,12H,4,7-9H2,1H3,(H,16,18,19). The van der Waals surface area contributed by atoms with Gasteiger partial charge in [0.1, 0.15) is 11.1 Å². The lowest BCUT2D eigenvalue weighted by Crippen LogP contribution is -2.20. The van der Waals surface area contributed by atoms with Crippen molar-refractivity contribution in [3.05, 3.63) is 29.3 Å². The fraction of sp³-hybridized carbons (Fsp3) is 0.400. The number of anilines is 1. The minimum atomic E-state index is -0.300. The Morgan fingerprint density at radius 1 is 1.39 bits per heavy atom. The summed E-state index contributed by atoms with van der Waals surface area (Å²) >= 11 is 1.33. The van der Waals surface area contributed by atoms with Gasteiger partial charge in [0.2, 0.25) is 5.13 Å². The molecule has 1 aliphatic rings. The van der Waals surface area contributed by atoms with Crippen LogP contribution in [0.4, 0.5) is 5.13 Å². The monoisotopic (exact) mass is 335 g/mol. The number of carbonyl (C=O) groups is 1. The predicted molar refractivity (Wildman–Crippen MR) is 85.0 cm³/mol. The summed E-state index contributed by atoms with van der Waals surface area (Å²) in [5.74, 6) is 0.797. The van der Waals surface area contributed by atoms with E-state index in [1.165, 1.54) is 11.3 Å². The van der Waals surface area contributed by atoms with Crippen LogP contribution in [0.15, 0.2) is 24.3 Å². The number of rotatable bonds is 6. The van der Waals surface area contributed by atoms with Crippen molar-refractivity contribution in [2.75, 3.05) is 25.6 Å². The Morgan fingerprint density at radius 3 is 2.96 bits per heavy atom. The SMILES string of the molecule is COc1ccccc1OCC(=O)Nc1nnc(C2CCCO2)s1. The number of hydrogen-bond acceptors (Lipinski definition) is 7. The van der Waals surface area contributed by atoms with Gasteiger partial charge in [0.25, 0.3) is 5.91 Å². The van der Waals surface area contributed by atoms with Crippen molar-refractivity contribution < 1.29 is 19.0 Å². The number of nitrogens with zero attached hydrogens (tertiary/aromatic N) is 2. The van der Waals surface area contributed by atoms with Gasteiger partial charge in [-0.05, 0) is 25.0 Å². The van der Waals surface area contributed by atoms with Crippen LogP contribution in [0.3, 0.4) is 0 Å². The van der Waals surface area contributed by atoms with Crippen LogP contribution in [0.2, 0.25) is 0 Å². The topological polar surface area (TPSA) is 82.6 Å². The van der Waals surface area contributed by atoms with E-state index in [0.717, 1.165) is 24.5 Å². The lowest BCUT2D eigenvalue weighted by molar-refractivity contribution is -0.118. The minimum absolute atomic E-state index is 0.00276. The number of para-hydroxylation sites is 2. The van der Waals surface area contributed by atoms with E-state index in [-0.39, 0.29) is 18.6 Å². The van der Waals surface area contributed by atoms with Gasteiger partial charge in [-0.3, -0.25) is 10.1 Å². The van der Waals surface area contributed by atoms with Gasteiger partial charge < -0.3 is 14.2 Å². The predicted octanol–water partition coefficient (Wildman–Crippen LogP) is 2.42. The van der Waals surface area contributed by atoms with Crippen molar-refractivity contribution in [3.63, 3.8) is 0 Å². The van der Waals surface area contributed by atoms with E-state index in [9.17, 15) is 4.79 Å². The van der Waals surface area contributed by atoms with Crippen LogP contribution in [0.1, 0.15) is 24.0 Å². The van der Waals surface area contributed by atoms with Crippen molar-refractivity contribution >= 4 is 22.4 Å². The molecule has 1 atom stereocenters. The first kappa shape index (κ1) is 15.7. The highest BCUT2D eigenvalue weighted by Crippen LogP contribution is 2.32. The minimum Gasteiger partial charge on any atom is -0.493 e. The molecule has 0 bridgehead atoms. The third-order valence-corrected chi connectivity index (χ3v) is 4.25. The summed E-state index contributed by atoms with van der Waals surface area (Å²) in [7, 11) is 1.55. The van der Waals surface area contributed by atoms with Gasteiger partial charge in [-0.2, -0.15) is 0 Å². The Labute approximate surface area is 137 Å². The molecule has 0 radical (unpaired) electrons. The number of ether oxygens (including phenoxy) is 3. The van der Waals surface area contributed by atoms with Gasteiger partial charge >= 0.3 is 0 Å². The molecular formula is C15H17N3O4S. The highest BCUT2D eigenvalue weighted by atomic mass is 32.1. The molecule has 7 nitrogen and oxygen atoms in total. The van der Waals surface area contributed by atoms with Crippen LogP contribution < -0.4 is 14.8 Å². The van der Waals surface area contributed by atoms with E-state index in [1.807, 2.05) is 12.1 Å². The van der Waals surface area contributed by atoms with Gasteiger partial charge in [0, 0.05) is 6.61 Å². The normalized spacial score (nSPS) is 17.0. The molecule has 1 fully saturated rings. The quantitative estimate of drug-likeness (QED) is 0.873. The molecule has 1 N–H and O–H groups in total. The van der Waals surface area contributed by atoms with E-state index >= 15 is 0 Å². The summed E-state index contributed by atoms with van der Waals surface area (Å²) in [6, 6.07) is 7.16. The zero-order valence-corrected chi connectivity index (χ0v) is 13.5. The summed E-state index contributed by atoms with van der Waals surface area (Å²) in [5.41, 5.74) is 0. The molecule has 0 spiro atoms. The van der Waals surface area contributed by atoms with Gasteiger partial charge in [-0.25, -0.2) is 0 Å². The molecule has 1 aromatic carbocycles. The van der Waals surface area contributed by atoms with Gasteiger partial charge in [0.15, 0.2) is 18.1 Å². The summed E-state index contributed by atoms with van der Waals surface area (Å²) in [4.78, 5) is 11.9. The van der Waals surface area contributed by atoms with E-state index in [1.54, 1.807) is 19.2 Å². The molecular weight excluding hydrogens is 318 g/mol. The van der Waals surface area contributed by atoms with Crippen LogP contribution in [-0.4, -0.2) is 36.4 Å². The number of methoxy groups -OCH3 is 1. The van der Waals surface area contributed by atoms with Gasteiger partial charge in [-0.15, -0.1) is 10.2 Å². The summed E-state index contributed by atoms with van der Waals surface area (Å²) in [5, 5.41) is 12.0. The first-order valence-electron chi connectivity index (χ1n) is 7.27. The van der Waals surface area contributed by atoms with Gasteiger partial charge in [-0.1, -0.05) is 23.5 Å². The highest BCUT2D eigenvalue weighted by Gasteiger charge is 2.22. The van der Waals surface area contributed by atoms with Crippen molar-refractivity contribution in [2.45, 2.75) is 18.9 Å². The van der Waals surface area contributed by atoms with Crippen LogP contribution >= 0.6 is 11.3 Å². The van der Waals surface area contributed by atoms with E-state index in [2.05, 4.69) is 15.5 Å². The second-order valence-electron chi connectivity index (χ2n) is 4.93. The zero-order chi connectivity index (χ0) is 16.1. The fourth-order valence-corrected chi connectivity index (χ4v) is 3.07. The lowest BCUT2D eigenvalue weighted by Gasteiger charge is -2.09. The Kier molecular flexibility index (Phi) is 5.04. The number of amides is 1. The molecule has 1 aliphatic heterocycles. The third kappa shape index (κ3) is 3.96. The molecule has 1 aromatic heterocycles. The largest absolute Gasteiger partial charge is 0.493 e. The molecule has 1 saturated heterocycles. The van der Waals surface area contributed by atoms with Crippen LogP contribution in [0.5, 0.6) is 11.5 Å². The first-order chi connectivity index (χ1) is 11.3. The molecule has 122 valence electrons. The number of benzene rings is 1. The maximum Gasteiger partial charge on any atom is 0.264 e. The molecule has 3 rings (SSSR count). The van der Waals surface area contributed by atoms with Crippen molar-refractivity contribution in [1.29, 1.82) is 0 Å². The summed E-state index contributed by atoms with van der Waals surface area (Å²) in [6.45, 7) is 0.619. The molecule has 8 heteroatoms. The smallest absolute Gasteiger partial charge is 0.264 e. The Bertz CT molecular complexity index is 670. The molecule has 2 aromatic rings. The van der Waals surface area contributed by atoms with Crippen molar-refractivity contribution in [3.8, 4) is 11.5 Å². The lowest BCUT2D eigenvalue weighted by atomic mass is 10.2. The van der Waals surface area contributed by atoms with Crippen molar-refractivity contribution in [2.24, 2.45) is 0 Å². The Morgan fingerprint density at radius 2 is 2.22 bits per heavy atom. The second-order valence-corrected chi connectivity index (χ2v) is 5.94. The first-order valence-corrected chi connectivity index (χ1v) is 8.08. The number of carbonyl (C=O) groups excluding carboxylic acids is 1. The number of hydrogen-bond donors (Lipinski definition) is 1. The third-order valence-electron chi connectivity index (χ3n) is 3.32. The van der Waals surface area contributed by atoms with E-state index in [0.29, 0.717) is 16.6 Å². The van der Waals surface area contributed by atoms with E-state index in [4.69, 9.17) is 14.2 Å². The van der Waals surface area contributed by atoms with Crippen LogP contribution in [0.25, 0.3) is 0 Å². The molecule has 2 heterocycles. The summed E-state index contributed by atoms with van der Waals surface area (Å²) in [6.07, 6.45) is 1.97. The number of nitrogens with one attached hydrogen (secondary N) is 1. The molecule has 0 saturated carbocycles. The Hall–Kier alpha value is -2.19. The highest BCUT2D eigenvalue weighted by molar-refractivity contribution is 7.15. The van der Waals surface area contributed by atoms with Gasteiger partial charge in [0.05, 0.1) is 7.11 Å².